The van der Waals surface area contributed by atoms with Crippen molar-refractivity contribution in [2.24, 2.45) is 0 Å². The molecule has 0 saturated heterocycles. The molecular weight excluding hydrogens is 514 g/mol. The molecular formula is C39H71NO2. The van der Waals surface area contributed by atoms with Crippen LogP contribution in [0.25, 0.3) is 0 Å². The van der Waals surface area contributed by atoms with Crippen molar-refractivity contribution in [2.75, 3.05) is 19.6 Å². The molecule has 42 heavy (non-hydrogen) atoms. The molecule has 244 valence electrons. The van der Waals surface area contributed by atoms with E-state index in [1.54, 1.807) is 0 Å². The summed E-state index contributed by atoms with van der Waals surface area (Å²) in [5.74, 6) is -0.672. The van der Waals surface area contributed by atoms with Crippen molar-refractivity contribution < 1.29 is 9.90 Å². The number of unbranched alkanes of at least 4 members (excludes halogenated alkanes) is 18. The minimum absolute atomic E-state index is 0.268. The summed E-state index contributed by atoms with van der Waals surface area (Å²) in [4.78, 5) is 13.5. The van der Waals surface area contributed by atoms with Crippen LogP contribution in [-0.2, 0) is 4.79 Å². The molecule has 0 amide bonds. The molecule has 0 saturated carbocycles. The van der Waals surface area contributed by atoms with Gasteiger partial charge in [0.2, 0.25) is 0 Å². The Labute approximate surface area is 263 Å². The number of rotatable bonds is 33. The summed E-state index contributed by atoms with van der Waals surface area (Å²) < 4.78 is 0. The lowest BCUT2D eigenvalue weighted by molar-refractivity contribution is -0.137. The normalized spacial score (nSPS) is 12.4. The maximum Gasteiger partial charge on any atom is 0.304 e. The van der Waals surface area contributed by atoms with Gasteiger partial charge >= 0.3 is 5.97 Å². The lowest BCUT2D eigenvalue weighted by atomic mass is 10.1. The van der Waals surface area contributed by atoms with Crippen LogP contribution in [0.4, 0.5) is 0 Å². The molecule has 3 heteroatoms. The van der Waals surface area contributed by atoms with Crippen LogP contribution in [0, 0.1) is 0 Å². The largest absolute Gasteiger partial charge is 0.481 e. The molecule has 0 aliphatic heterocycles. The third-order valence-electron chi connectivity index (χ3n) is 7.99. The van der Waals surface area contributed by atoms with Crippen molar-refractivity contribution >= 4 is 5.97 Å². The first-order chi connectivity index (χ1) is 20.7. The molecule has 0 aromatic heterocycles. The SMILES string of the molecule is CCCCC/C=C\C/C=C\CCCCCCCCN(CCCCCCCC/C=C\C/C=C\CCCCC)CCC(=O)O. The first-order valence-electron chi connectivity index (χ1n) is 18.2. The van der Waals surface area contributed by atoms with Crippen LogP contribution in [0.5, 0.6) is 0 Å². The topological polar surface area (TPSA) is 40.5 Å². The van der Waals surface area contributed by atoms with Gasteiger partial charge in [-0.25, -0.2) is 0 Å². The molecule has 0 atom stereocenters. The molecule has 0 aliphatic rings. The first kappa shape index (κ1) is 40.4. The minimum Gasteiger partial charge on any atom is -0.481 e. The Morgan fingerprint density at radius 1 is 0.452 bits per heavy atom. The number of carboxylic acids is 1. The second-order valence-electron chi connectivity index (χ2n) is 12.2. The lowest BCUT2D eigenvalue weighted by Crippen LogP contribution is -2.28. The smallest absolute Gasteiger partial charge is 0.304 e. The van der Waals surface area contributed by atoms with E-state index in [-0.39, 0.29) is 6.42 Å². The van der Waals surface area contributed by atoms with Crippen molar-refractivity contribution in [2.45, 2.75) is 174 Å². The Morgan fingerprint density at radius 3 is 1.14 bits per heavy atom. The molecule has 0 radical (unpaired) electrons. The van der Waals surface area contributed by atoms with Gasteiger partial charge in [-0.2, -0.15) is 0 Å². The minimum atomic E-state index is -0.672. The van der Waals surface area contributed by atoms with E-state index in [1.165, 1.54) is 141 Å². The summed E-state index contributed by atoms with van der Waals surface area (Å²) >= 11 is 0. The summed E-state index contributed by atoms with van der Waals surface area (Å²) in [6, 6.07) is 0. The highest BCUT2D eigenvalue weighted by atomic mass is 16.4. The number of allylic oxidation sites excluding steroid dienone is 8. The highest BCUT2D eigenvalue weighted by Crippen LogP contribution is 2.12. The van der Waals surface area contributed by atoms with Gasteiger partial charge in [-0.05, 0) is 90.1 Å². The van der Waals surface area contributed by atoms with E-state index < -0.39 is 5.97 Å². The van der Waals surface area contributed by atoms with Gasteiger partial charge in [-0.15, -0.1) is 0 Å². The fourth-order valence-corrected chi connectivity index (χ4v) is 5.24. The average molecular weight is 586 g/mol. The van der Waals surface area contributed by atoms with Crippen LogP contribution in [0.2, 0.25) is 0 Å². The van der Waals surface area contributed by atoms with Crippen LogP contribution in [0.1, 0.15) is 174 Å². The maximum atomic E-state index is 11.1. The predicted octanol–water partition coefficient (Wildman–Crippen LogP) is 12.4. The van der Waals surface area contributed by atoms with Crippen molar-refractivity contribution in [3.05, 3.63) is 48.6 Å². The summed E-state index contributed by atoms with van der Waals surface area (Å²) in [6.07, 6.45) is 49.4. The number of hydrogen-bond acceptors (Lipinski definition) is 2. The van der Waals surface area contributed by atoms with Crippen LogP contribution < -0.4 is 0 Å². The Balaban J connectivity index is 3.71. The summed E-state index contributed by atoms with van der Waals surface area (Å²) in [5.41, 5.74) is 0. The van der Waals surface area contributed by atoms with Gasteiger partial charge in [-0.3, -0.25) is 4.79 Å². The van der Waals surface area contributed by atoms with Crippen molar-refractivity contribution in [3.8, 4) is 0 Å². The van der Waals surface area contributed by atoms with Crippen LogP contribution >= 0.6 is 0 Å². The molecule has 0 spiro atoms. The van der Waals surface area contributed by atoms with Gasteiger partial charge in [0.25, 0.3) is 0 Å². The number of carbonyl (C=O) groups is 1. The Hall–Kier alpha value is -1.61. The maximum absolute atomic E-state index is 11.1. The molecule has 0 aromatic carbocycles. The second-order valence-corrected chi connectivity index (χ2v) is 12.2. The number of carboxylic acid groups (broad SMARTS) is 1. The average Bonchev–Trinajstić information content (AvgIpc) is 2.98. The summed E-state index contributed by atoms with van der Waals surface area (Å²) in [5, 5.41) is 9.14. The standard InChI is InChI=1S/C39H71NO2/c1-3-5-7-9-11-13-15-17-19-21-23-25-27-29-31-33-36-40(38-35-39(41)42)37-34-32-30-28-26-24-22-20-18-16-14-12-10-8-6-4-2/h11-14,17-20H,3-10,15-16,21-38H2,1-2H3,(H,41,42)/b13-11-,14-12-,19-17-,20-18-. The van der Waals surface area contributed by atoms with Crippen LogP contribution in [0.15, 0.2) is 48.6 Å². The zero-order valence-corrected chi connectivity index (χ0v) is 28.2. The van der Waals surface area contributed by atoms with E-state index in [2.05, 4.69) is 67.4 Å². The molecule has 0 aromatic rings. The number of hydrogen-bond donors (Lipinski definition) is 1. The zero-order chi connectivity index (χ0) is 30.6. The van der Waals surface area contributed by atoms with Crippen molar-refractivity contribution in [1.29, 1.82) is 0 Å². The highest BCUT2D eigenvalue weighted by Gasteiger charge is 2.07. The van der Waals surface area contributed by atoms with E-state index in [0.29, 0.717) is 6.54 Å². The van der Waals surface area contributed by atoms with E-state index in [1.807, 2.05) is 0 Å². The van der Waals surface area contributed by atoms with E-state index in [0.717, 1.165) is 25.9 Å². The second kappa shape index (κ2) is 35.6. The molecule has 0 unspecified atom stereocenters. The Morgan fingerprint density at radius 2 is 0.786 bits per heavy atom. The van der Waals surface area contributed by atoms with Gasteiger partial charge in [-0.1, -0.05) is 140 Å². The molecule has 0 rings (SSSR count). The zero-order valence-electron chi connectivity index (χ0n) is 28.2. The third kappa shape index (κ3) is 34.6. The van der Waals surface area contributed by atoms with Crippen LogP contribution in [-0.4, -0.2) is 35.6 Å². The lowest BCUT2D eigenvalue weighted by Gasteiger charge is -2.21. The molecule has 0 fully saturated rings. The van der Waals surface area contributed by atoms with E-state index in [4.69, 9.17) is 5.11 Å². The van der Waals surface area contributed by atoms with Crippen molar-refractivity contribution in [3.63, 3.8) is 0 Å². The van der Waals surface area contributed by atoms with Gasteiger partial charge in [0.1, 0.15) is 0 Å². The molecule has 1 N–H and O–H groups in total. The highest BCUT2D eigenvalue weighted by molar-refractivity contribution is 5.66. The Bertz CT molecular complexity index is 615. The number of aliphatic carboxylic acids is 1. The first-order valence-corrected chi connectivity index (χ1v) is 18.2. The predicted molar refractivity (Wildman–Crippen MR) is 187 cm³/mol. The van der Waals surface area contributed by atoms with Gasteiger partial charge < -0.3 is 10.0 Å². The fraction of sp³-hybridized carbons (Fsp3) is 0.769. The Kier molecular flexibility index (Phi) is 34.2. The monoisotopic (exact) mass is 586 g/mol. The molecule has 0 heterocycles. The van der Waals surface area contributed by atoms with Gasteiger partial charge in [0, 0.05) is 6.54 Å². The summed E-state index contributed by atoms with van der Waals surface area (Å²) in [7, 11) is 0. The molecule has 0 bridgehead atoms. The fourth-order valence-electron chi connectivity index (χ4n) is 5.24. The van der Waals surface area contributed by atoms with E-state index >= 15 is 0 Å². The molecule has 0 aliphatic carbocycles. The summed E-state index contributed by atoms with van der Waals surface area (Å²) in [6.45, 7) is 7.33. The van der Waals surface area contributed by atoms with Gasteiger partial charge in [0.05, 0.1) is 6.42 Å². The number of nitrogens with zero attached hydrogens (tertiary/aromatic N) is 1. The quantitative estimate of drug-likeness (QED) is 0.0615. The molecule has 3 nitrogen and oxygen atoms in total. The van der Waals surface area contributed by atoms with Crippen molar-refractivity contribution in [1.82, 2.24) is 4.90 Å². The van der Waals surface area contributed by atoms with Gasteiger partial charge in [0.15, 0.2) is 0 Å². The third-order valence-corrected chi connectivity index (χ3v) is 7.99. The van der Waals surface area contributed by atoms with Crippen LogP contribution in [0.3, 0.4) is 0 Å². The van der Waals surface area contributed by atoms with E-state index in [9.17, 15) is 4.79 Å².